The summed E-state index contributed by atoms with van der Waals surface area (Å²) in [6, 6.07) is 6.45. The minimum Gasteiger partial charge on any atom is -0.468 e. The summed E-state index contributed by atoms with van der Waals surface area (Å²) in [5.41, 5.74) is 1.47. The Morgan fingerprint density at radius 2 is 2.05 bits per heavy atom. The Labute approximate surface area is 115 Å². The highest BCUT2D eigenvalue weighted by Gasteiger charge is 2.16. The zero-order valence-electron chi connectivity index (χ0n) is 12.6. The van der Waals surface area contributed by atoms with Crippen LogP contribution in [0.4, 0.5) is 0 Å². The molecule has 0 radical (unpaired) electrons. The second-order valence-electron chi connectivity index (χ2n) is 6.20. The zero-order valence-corrected chi connectivity index (χ0v) is 12.6. The average molecular weight is 260 g/mol. The van der Waals surface area contributed by atoms with Gasteiger partial charge in [0.15, 0.2) is 0 Å². The van der Waals surface area contributed by atoms with Gasteiger partial charge in [-0.05, 0) is 58.5 Å². The Balaban J connectivity index is 2.03. The SMILES string of the molecule is CC(c1ccco1)N(C)Cc1ccn(C(C)(C)C)c1. The van der Waals surface area contributed by atoms with Gasteiger partial charge in [0, 0.05) is 24.5 Å². The van der Waals surface area contributed by atoms with Gasteiger partial charge in [-0.15, -0.1) is 0 Å². The van der Waals surface area contributed by atoms with Crippen molar-refractivity contribution in [1.29, 1.82) is 0 Å². The Kier molecular flexibility index (Phi) is 3.85. The van der Waals surface area contributed by atoms with Crippen molar-refractivity contribution < 1.29 is 4.42 Å². The fraction of sp³-hybridized carbons (Fsp3) is 0.500. The topological polar surface area (TPSA) is 21.3 Å². The smallest absolute Gasteiger partial charge is 0.120 e. The molecule has 0 saturated carbocycles. The van der Waals surface area contributed by atoms with E-state index < -0.39 is 0 Å². The van der Waals surface area contributed by atoms with Crippen LogP contribution >= 0.6 is 0 Å². The molecule has 2 heterocycles. The quantitative estimate of drug-likeness (QED) is 0.827. The lowest BCUT2D eigenvalue weighted by Crippen LogP contribution is -2.22. The maximum Gasteiger partial charge on any atom is 0.120 e. The molecule has 3 nitrogen and oxygen atoms in total. The maximum atomic E-state index is 5.47. The molecule has 3 heteroatoms. The summed E-state index contributed by atoms with van der Waals surface area (Å²) < 4.78 is 7.72. The Morgan fingerprint density at radius 3 is 2.58 bits per heavy atom. The van der Waals surface area contributed by atoms with Crippen LogP contribution in [0.2, 0.25) is 0 Å². The highest BCUT2D eigenvalue weighted by molar-refractivity contribution is 5.13. The van der Waals surface area contributed by atoms with Gasteiger partial charge in [0.25, 0.3) is 0 Å². The van der Waals surface area contributed by atoms with Crippen LogP contribution in [0, 0.1) is 0 Å². The van der Waals surface area contributed by atoms with Gasteiger partial charge >= 0.3 is 0 Å². The van der Waals surface area contributed by atoms with Crippen molar-refractivity contribution in [3.8, 4) is 0 Å². The predicted molar refractivity (Wildman–Crippen MR) is 78.0 cm³/mol. The third-order valence-electron chi connectivity index (χ3n) is 3.58. The van der Waals surface area contributed by atoms with Crippen LogP contribution in [0.3, 0.4) is 0 Å². The van der Waals surface area contributed by atoms with Crippen LogP contribution in [0.5, 0.6) is 0 Å². The van der Waals surface area contributed by atoms with Gasteiger partial charge in [-0.1, -0.05) is 0 Å². The predicted octanol–water partition coefficient (Wildman–Crippen LogP) is 4.03. The molecule has 0 aliphatic heterocycles. The van der Waals surface area contributed by atoms with Gasteiger partial charge in [0.2, 0.25) is 0 Å². The number of hydrogen-bond donors (Lipinski definition) is 0. The van der Waals surface area contributed by atoms with E-state index in [0.29, 0.717) is 0 Å². The standard InChI is InChI=1S/C16H24N2O/c1-13(15-7-6-10-19-15)17(5)11-14-8-9-18(12-14)16(2,3)4/h6-10,12-13H,11H2,1-5H3. The number of aromatic nitrogens is 1. The van der Waals surface area contributed by atoms with E-state index in [2.05, 4.69) is 62.7 Å². The molecule has 19 heavy (non-hydrogen) atoms. The first kappa shape index (κ1) is 13.9. The molecular weight excluding hydrogens is 236 g/mol. The first-order valence-corrected chi connectivity index (χ1v) is 6.79. The third-order valence-corrected chi connectivity index (χ3v) is 3.58. The van der Waals surface area contributed by atoms with Crippen molar-refractivity contribution in [3.05, 3.63) is 48.2 Å². The molecule has 0 aromatic carbocycles. The highest BCUT2D eigenvalue weighted by atomic mass is 16.3. The number of hydrogen-bond acceptors (Lipinski definition) is 2. The molecule has 0 bridgehead atoms. The lowest BCUT2D eigenvalue weighted by atomic mass is 10.1. The van der Waals surface area contributed by atoms with Crippen molar-refractivity contribution >= 4 is 0 Å². The van der Waals surface area contributed by atoms with Crippen molar-refractivity contribution in [2.24, 2.45) is 0 Å². The number of rotatable bonds is 4. The van der Waals surface area contributed by atoms with E-state index in [4.69, 9.17) is 4.42 Å². The molecule has 1 atom stereocenters. The van der Waals surface area contributed by atoms with Gasteiger partial charge in [-0.25, -0.2) is 0 Å². The molecule has 0 amide bonds. The molecular formula is C16H24N2O. The minimum atomic E-state index is 0.142. The summed E-state index contributed by atoms with van der Waals surface area (Å²) in [5, 5.41) is 0. The fourth-order valence-corrected chi connectivity index (χ4v) is 2.12. The van der Waals surface area contributed by atoms with Crippen LogP contribution in [-0.2, 0) is 12.1 Å². The van der Waals surface area contributed by atoms with Crippen molar-refractivity contribution in [2.75, 3.05) is 7.05 Å². The van der Waals surface area contributed by atoms with Crippen LogP contribution in [0.15, 0.2) is 41.3 Å². The summed E-state index contributed by atoms with van der Waals surface area (Å²) in [4.78, 5) is 2.29. The van der Waals surface area contributed by atoms with Gasteiger partial charge in [0.05, 0.1) is 12.3 Å². The largest absolute Gasteiger partial charge is 0.468 e. The lowest BCUT2D eigenvalue weighted by Gasteiger charge is -2.23. The van der Waals surface area contributed by atoms with Crippen LogP contribution in [0.1, 0.15) is 45.1 Å². The van der Waals surface area contributed by atoms with E-state index in [1.165, 1.54) is 5.56 Å². The summed E-state index contributed by atoms with van der Waals surface area (Å²) in [6.07, 6.45) is 6.11. The molecule has 0 aliphatic rings. The zero-order chi connectivity index (χ0) is 14.0. The lowest BCUT2D eigenvalue weighted by molar-refractivity contribution is 0.223. The normalized spacial score (nSPS) is 14.0. The van der Waals surface area contributed by atoms with Gasteiger partial charge in [-0.3, -0.25) is 4.90 Å². The summed E-state index contributed by atoms with van der Waals surface area (Å²) in [6.45, 7) is 9.73. The number of furan rings is 1. The summed E-state index contributed by atoms with van der Waals surface area (Å²) >= 11 is 0. The van der Waals surface area contributed by atoms with Crippen molar-refractivity contribution in [2.45, 2.75) is 45.8 Å². The van der Waals surface area contributed by atoms with Crippen molar-refractivity contribution in [3.63, 3.8) is 0 Å². The summed E-state index contributed by atoms with van der Waals surface area (Å²) in [5.74, 6) is 1.01. The summed E-state index contributed by atoms with van der Waals surface area (Å²) in [7, 11) is 2.13. The molecule has 0 aliphatic carbocycles. The van der Waals surface area contributed by atoms with Crippen LogP contribution in [0.25, 0.3) is 0 Å². The Bertz CT molecular complexity index is 505. The molecule has 104 valence electrons. The van der Waals surface area contributed by atoms with E-state index in [-0.39, 0.29) is 11.6 Å². The number of nitrogens with zero attached hydrogens (tertiary/aromatic N) is 2. The Hall–Kier alpha value is -1.48. The third kappa shape index (κ3) is 3.29. The maximum absolute atomic E-state index is 5.47. The molecule has 2 aromatic rings. The van der Waals surface area contributed by atoms with Gasteiger partial charge in [-0.2, -0.15) is 0 Å². The van der Waals surface area contributed by atoms with Gasteiger partial charge in [0.1, 0.15) is 5.76 Å². The molecule has 0 fully saturated rings. The molecule has 0 spiro atoms. The van der Waals surface area contributed by atoms with Gasteiger partial charge < -0.3 is 8.98 Å². The molecule has 0 N–H and O–H groups in total. The van der Waals surface area contributed by atoms with Crippen LogP contribution < -0.4 is 0 Å². The Morgan fingerprint density at radius 1 is 1.32 bits per heavy atom. The monoisotopic (exact) mass is 260 g/mol. The van der Waals surface area contributed by atoms with E-state index in [9.17, 15) is 0 Å². The van der Waals surface area contributed by atoms with E-state index in [1.807, 2.05) is 12.1 Å². The highest BCUT2D eigenvalue weighted by Crippen LogP contribution is 2.22. The molecule has 1 unspecified atom stereocenters. The first-order chi connectivity index (χ1) is 8.88. The van der Waals surface area contributed by atoms with Crippen molar-refractivity contribution in [1.82, 2.24) is 9.47 Å². The second-order valence-corrected chi connectivity index (χ2v) is 6.20. The fourth-order valence-electron chi connectivity index (χ4n) is 2.12. The molecule has 0 saturated heterocycles. The molecule has 2 rings (SSSR count). The second kappa shape index (κ2) is 5.25. The van der Waals surface area contributed by atoms with E-state index in [1.54, 1.807) is 6.26 Å². The average Bonchev–Trinajstić information content (AvgIpc) is 2.97. The minimum absolute atomic E-state index is 0.142. The van der Waals surface area contributed by atoms with Crippen LogP contribution in [-0.4, -0.2) is 16.5 Å². The molecule has 2 aromatic heterocycles. The van der Waals surface area contributed by atoms with E-state index in [0.717, 1.165) is 12.3 Å². The van der Waals surface area contributed by atoms with E-state index >= 15 is 0 Å². The first-order valence-electron chi connectivity index (χ1n) is 6.79.